The minimum absolute atomic E-state index is 0.209. The van der Waals surface area contributed by atoms with Gasteiger partial charge in [-0.15, -0.1) is 10.2 Å². The van der Waals surface area contributed by atoms with Gasteiger partial charge in [-0.1, -0.05) is 0 Å². The molecule has 7 heteroatoms. The summed E-state index contributed by atoms with van der Waals surface area (Å²) in [4.78, 5) is 11.6. The van der Waals surface area contributed by atoms with Crippen LogP contribution in [-0.4, -0.2) is 41.3 Å². The zero-order valence-corrected chi connectivity index (χ0v) is 7.89. The molecular formula is C8H9F2N3O2. The highest BCUT2D eigenvalue weighted by molar-refractivity contribution is 5.85. The molecule has 0 aliphatic carbocycles. The molecule has 1 rings (SSSR count). The fraction of sp³-hybridized carbons (Fsp3) is 0.375. The number of carbonyl (C=O) groups is 1. The second-order valence-corrected chi connectivity index (χ2v) is 2.85. The minimum atomic E-state index is -2.48. The zero-order valence-electron chi connectivity index (χ0n) is 7.89. The van der Waals surface area contributed by atoms with Gasteiger partial charge in [-0.2, -0.15) is 0 Å². The van der Waals surface area contributed by atoms with Crippen LogP contribution < -0.4 is 4.90 Å². The standard InChI is InChI=1S/C8H9F2N3O2/c1-13(4-6(9)10)7-3-2-5(8(14)15)11-12-7/h2-3,6H,4H2,1H3,(H,14,15). The molecule has 15 heavy (non-hydrogen) atoms. The van der Waals surface area contributed by atoms with Crippen molar-refractivity contribution in [1.82, 2.24) is 10.2 Å². The Morgan fingerprint density at radius 2 is 2.20 bits per heavy atom. The van der Waals surface area contributed by atoms with Crippen LogP contribution in [0, 0.1) is 0 Å². The van der Waals surface area contributed by atoms with Gasteiger partial charge < -0.3 is 10.0 Å². The smallest absolute Gasteiger partial charge is 0.356 e. The maximum atomic E-state index is 12.0. The number of halogens is 2. The molecule has 0 aliphatic heterocycles. The number of aromatic carboxylic acids is 1. The van der Waals surface area contributed by atoms with Crippen LogP contribution >= 0.6 is 0 Å². The molecule has 0 saturated carbocycles. The highest BCUT2D eigenvalue weighted by Gasteiger charge is 2.11. The second-order valence-electron chi connectivity index (χ2n) is 2.85. The molecule has 1 aromatic heterocycles. The van der Waals surface area contributed by atoms with Gasteiger partial charge in [0, 0.05) is 7.05 Å². The molecule has 0 aliphatic rings. The third-order valence-electron chi connectivity index (χ3n) is 1.67. The maximum Gasteiger partial charge on any atom is 0.356 e. The van der Waals surface area contributed by atoms with Gasteiger partial charge in [-0.05, 0) is 12.1 Å². The van der Waals surface area contributed by atoms with Crippen LogP contribution in [0.2, 0.25) is 0 Å². The largest absolute Gasteiger partial charge is 0.476 e. The van der Waals surface area contributed by atoms with Gasteiger partial charge in [0.25, 0.3) is 6.43 Å². The molecule has 0 fully saturated rings. The lowest BCUT2D eigenvalue weighted by molar-refractivity contribution is 0.0689. The fourth-order valence-corrected chi connectivity index (χ4v) is 0.943. The van der Waals surface area contributed by atoms with E-state index in [0.29, 0.717) is 0 Å². The molecule has 0 saturated heterocycles. The lowest BCUT2D eigenvalue weighted by Crippen LogP contribution is -2.25. The van der Waals surface area contributed by atoms with Crippen molar-refractivity contribution in [3.05, 3.63) is 17.8 Å². The van der Waals surface area contributed by atoms with Crippen LogP contribution in [0.1, 0.15) is 10.5 Å². The minimum Gasteiger partial charge on any atom is -0.476 e. The Kier molecular flexibility index (Phi) is 3.48. The lowest BCUT2D eigenvalue weighted by atomic mass is 10.4. The molecule has 1 N–H and O–H groups in total. The van der Waals surface area contributed by atoms with Crippen LogP contribution in [0.15, 0.2) is 12.1 Å². The summed E-state index contributed by atoms with van der Waals surface area (Å²) in [5.74, 6) is -0.995. The first-order valence-corrected chi connectivity index (χ1v) is 4.07. The summed E-state index contributed by atoms with van der Waals surface area (Å²) in [6, 6.07) is 2.55. The van der Waals surface area contributed by atoms with Crippen LogP contribution in [0.5, 0.6) is 0 Å². The number of nitrogens with zero attached hydrogens (tertiary/aromatic N) is 3. The van der Waals surface area contributed by atoms with Gasteiger partial charge in [0.1, 0.15) is 0 Å². The number of carboxylic acid groups (broad SMARTS) is 1. The number of hydrogen-bond donors (Lipinski definition) is 1. The molecule has 82 valence electrons. The van der Waals surface area contributed by atoms with Crippen LogP contribution in [0.4, 0.5) is 14.6 Å². The molecule has 0 radical (unpaired) electrons. The first-order valence-electron chi connectivity index (χ1n) is 4.07. The summed E-state index contributed by atoms with van der Waals surface area (Å²) >= 11 is 0. The van der Waals surface area contributed by atoms with E-state index in [2.05, 4.69) is 10.2 Å². The topological polar surface area (TPSA) is 66.3 Å². The van der Waals surface area contributed by atoms with E-state index >= 15 is 0 Å². The van der Waals surface area contributed by atoms with Crippen molar-refractivity contribution in [2.45, 2.75) is 6.43 Å². The van der Waals surface area contributed by atoms with E-state index in [1.54, 1.807) is 0 Å². The summed E-state index contributed by atoms with van der Waals surface area (Å²) in [6.45, 7) is -0.471. The Hall–Kier alpha value is -1.79. The Morgan fingerprint density at radius 3 is 2.60 bits per heavy atom. The molecule has 0 amide bonds. The van der Waals surface area contributed by atoms with Gasteiger partial charge in [0.05, 0.1) is 6.54 Å². The lowest BCUT2D eigenvalue weighted by Gasteiger charge is -2.16. The van der Waals surface area contributed by atoms with Gasteiger partial charge in [0.15, 0.2) is 11.5 Å². The van der Waals surface area contributed by atoms with Crippen molar-refractivity contribution in [3.63, 3.8) is 0 Å². The van der Waals surface area contributed by atoms with E-state index in [4.69, 9.17) is 5.11 Å². The van der Waals surface area contributed by atoms with E-state index in [1.807, 2.05) is 0 Å². The summed E-state index contributed by atoms with van der Waals surface area (Å²) < 4.78 is 24.0. The van der Waals surface area contributed by atoms with Crippen molar-refractivity contribution >= 4 is 11.8 Å². The first-order chi connectivity index (χ1) is 7.00. The van der Waals surface area contributed by atoms with Crippen molar-refractivity contribution in [2.75, 3.05) is 18.5 Å². The van der Waals surface area contributed by atoms with E-state index in [-0.39, 0.29) is 11.5 Å². The van der Waals surface area contributed by atoms with Crippen molar-refractivity contribution < 1.29 is 18.7 Å². The Labute approximate surface area is 84.3 Å². The molecule has 0 aromatic carbocycles. The molecule has 1 heterocycles. The number of alkyl halides is 2. The van der Waals surface area contributed by atoms with E-state index < -0.39 is 18.9 Å². The van der Waals surface area contributed by atoms with Crippen LogP contribution in [0.3, 0.4) is 0 Å². The number of hydrogen-bond acceptors (Lipinski definition) is 4. The molecule has 5 nitrogen and oxygen atoms in total. The number of rotatable bonds is 4. The molecular weight excluding hydrogens is 208 g/mol. The normalized spacial score (nSPS) is 10.4. The monoisotopic (exact) mass is 217 g/mol. The first kappa shape index (κ1) is 11.3. The summed E-state index contributed by atoms with van der Waals surface area (Å²) in [7, 11) is 1.43. The fourth-order valence-electron chi connectivity index (χ4n) is 0.943. The highest BCUT2D eigenvalue weighted by Crippen LogP contribution is 2.09. The van der Waals surface area contributed by atoms with Crippen molar-refractivity contribution in [3.8, 4) is 0 Å². The van der Waals surface area contributed by atoms with Gasteiger partial charge in [-0.25, -0.2) is 13.6 Å². The number of anilines is 1. The van der Waals surface area contributed by atoms with Crippen LogP contribution in [-0.2, 0) is 0 Å². The summed E-state index contributed by atoms with van der Waals surface area (Å²) in [5.41, 5.74) is -0.218. The molecule has 0 atom stereocenters. The van der Waals surface area contributed by atoms with E-state index in [0.717, 1.165) is 0 Å². The third kappa shape index (κ3) is 3.12. The second kappa shape index (κ2) is 4.63. The molecule has 0 spiro atoms. The van der Waals surface area contributed by atoms with Crippen molar-refractivity contribution in [1.29, 1.82) is 0 Å². The Bertz CT molecular complexity index is 342. The summed E-state index contributed by atoms with van der Waals surface area (Å²) in [6.07, 6.45) is -2.48. The highest BCUT2D eigenvalue weighted by atomic mass is 19.3. The number of carboxylic acids is 1. The Balaban J connectivity index is 2.75. The maximum absolute atomic E-state index is 12.0. The SMILES string of the molecule is CN(CC(F)F)c1ccc(C(=O)O)nn1. The number of aromatic nitrogens is 2. The molecule has 1 aromatic rings. The summed E-state index contributed by atoms with van der Waals surface area (Å²) in [5, 5.41) is 15.4. The van der Waals surface area contributed by atoms with Gasteiger partial charge in [0.2, 0.25) is 0 Å². The van der Waals surface area contributed by atoms with E-state index in [1.165, 1.54) is 24.1 Å². The predicted octanol–water partition coefficient (Wildman–Crippen LogP) is 0.876. The molecule has 0 unspecified atom stereocenters. The predicted molar refractivity (Wildman–Crippen MR) is 48.3 cm³/mol. The van der Waals surface area contributed by atoms with E-state index in [9.17, 15) is 13.6 Å². The third-order valence-corrected chi connectivity index (χ3v) is 1.67. The molecule has 0 bridgehead atoms. The van der Waals surface area contributed by atoms with Crippen molar-refractivity contribution in [2.24, 2.45) is 0 Å². The average Bonchev–Trinajstić information content (AvgIpc) is 2.17. The van der Waals surface area contributed by atoms with Crippen LogP contribution in [0.25, 0.3) is 0 Å². The van der Waals surface area contributed by atoms with Gasteiger partial charge in [-0.3, -0.25) is 0 Å². The quantitative estimate of drug-likeness (QED) is 0.810. The van der Waals surface area contributed by atoms with Gasteiger partial charge >= 0.3 is 5.97 Å². The zero-order chi connectivity index (χ0) is 11.4. The Morgan fingerprint density at radius 1 is 1.53 bits per heavy atom. The average molecular weight is 217 g/mol.